The summed E-state index contributed by atoms with van der Waals surface area (Å²) in [7, 11) is 0. The average molecular weight is 284 g/mol. The van der Waals surface area contributed by atoms with Crippen LogP contribution in [0.1, 0.15) is 40.0 Å². The van der Waals surface area contributed by atoms with Crippen LogP contribution in [0.2, 0.25) is 0 Å². The lowest BCUT2D eigenvalue weighted by Crippen LogP contribution is -2.52. The Morgan fingerprint density at radius 3 is 2.25 bits per heavy atom. The Labute approximate surface area is 123 Å². The predicted octanol–water partition coefficient (Wildman–Crippen LogP) is 1.17. The lowest BCUT2D eigenvalue weighted by atomic mass is 9.80. The molecule has 1 aliphatic heterocycles. The van der Waals surface area contributed by atoms with E-state index < -0.39 is 5.60 Å². The number of β-amino-alcohol motifs (C(OH)–C–C–N with tert-alkyl or cyclic N) is 1. The highest BCUT2D eigenvalue weighted by molar-refractivity contribution is 4.83. The van der Waals surface area contributed by atoms with Crippen LogP contribution in [0.5, 0.6) is 0 Å². The van der Waals surface area contributed by atoms with Gasteiger partial charge < -0.3 is 15.1 Å². The summed E-state index contributed by atoms with van der Waals surface area (Å²) in [5.74, 6) is 1.22. The Morgan fingerprint density at radius 2 is 1.65 bits per heavy atom. The molecular weight excluding hydrogens is 252 g/mol. The number of hydrogen-bond acceptors (Lipinski definition) is 4. The van der Waals surface area contributed by atoms with Crippen molar-refractivity contribution in [2.45, 2.75) is 51.7 Å². The molecule has 2 rings (SSSR count). The van der Waals surface area contributed by atoms with E-state index in [-0.39, 0.29) is 6.10 Å². The van der Waals surface area contributed by atoms with Crippen molar-refractivity contribution in [1.82, 2.24) is 9.80 Å². The van der Waals surface area contributed by atoms with Crippen molar-refractivity contribution in [2.75, 3.05) is 39.3 Å². The molecule has 118 valence electrons. The minimum Gasteiger partial charge on any atom is -0.393 e. The molecule has 2 fully saturated rings. The van der Waals surface area contributed by atoms with Crippen molar-refractivity contribution in [1.29, 1.82) is 0 Å². The van der Waals surface area contributed by atoms with E-state index in [1.165, 1.54) is 12.8 Å². The molecule has 0 radical (unpaired) electrons. The highest BCUT2D eigenvalue weighted by Crippen LogP contribution is 2.29. The number of rotatable bonds is 4. The van der Waals surface area contributed by atoms with Gasteiger partial charge in [-0.05, 0) is 44.9 Å². The van der Waals surface area contributed by atoms with E-state index in [4.69, 9.17) is 0 Å². The van der Waals surface area contributed by atoms with E-state index in [0.717, 1.165) is 51.6 Å². The minimum atomic E-state index is -0.600. The fourth-order valence-electron chi connectivity index (χ4n) is 3.69. The molecule has 1 heterocycles. The molecule has 4 heteroatoms. The van der Waals surface area contributed by atoms with Crippen molar-refractivity contribution >= 4 is 0 Å². The zero-order valence-electron chi connectivity index (χ0n) is 13.4. The fraction of sp³-hybridized carbons (Fsp3) is 1.00. The predicted molar refractivity (Wildman–Crippen MR) is 81.7 cm³/mol. The molecule has 0 spiro atoms. The van der Waals surface area contributed by atoms with Crippen LogP contribution >= 0.6 is 0 Å². The van der Waals surface area contributed by atoms with Crippen LogP contribution in [-0.4, -0.2) is 71.0 Å². The summed E-state index contributed by atoms with van der Waals surface area (Å²) in [5, 5.41) is 20.0. The van der Waals surface area contributed by atoms with Crippen LogP contribution in [0.4, 0.5) is 0 Å². The molecule has 20 heavy (non-hydrogen) atoms. The van der Waals surface area contributed by atoms with E-state index in [2.05, 4.69) is 16.7 Å². The molecule has 1 saturated carbocycles. The minimum absolute atomic E-state index is 0.0967. The van der Waals surface area contributed by atoms with E-state index in [1.807, 2.05) is 13.8 Å². The molecule has 3 unspecified atom stereocenters. The second-order valence-electron chi connectivity index (χ2n) is 7.63. The molecule has 4 nitrogen and oxygen atoms in total. The van der Waals surface area contributed by atoms with Crippen molar-refractivity contribution in [2.24, 2.45) is 11.8 Å². The fourth-order valence-corrected chi connectivity index (χ4v) is 3.69. The summed E-state index contributed by atoms with van der Waals surface area (Å²) >= 11 is 0. The highest BCUT2D eigenvalue weighted by atomic mass is 16.3. The van der Waals surface area contributed by atoms with Gasteiger partial charge in [-0.2, -0.15) is 0 Å². The summed E-state index contributed by atoms with van der Waals surface area (Å²) in [6.07, 6.45) is 3.23. The lowest BCUT2D eigenvalue weighted by molar-refractivity contribution is -0.00103. The van der Waals surface area contributed by atoms with Crippen molar-refractivity contribution in [3.8, 4) is 0 Å². The smallest absolute Gasteiger partial charge is 0.0718 e. The largest absolute Gasteiger partial charge is 0.393 e. The van der Waals surface area contributed by atoms with Crippen LogP contribution in [0.3, 0.4) is 0 Å². The van der Waals surface area contributed by atoms with Gasteiger partial charge in [0.2, 0.25) is 0 Å². The molecule has 0 amide bonds. The Morgan fingerprint density at radius 1 is 1.05 bits per heavy atom. The first kappa shape index (κ1) is 16.2. The number of aliphatic hydroxyl groups is 2. The molecule has 0 bridgehead atoms. The molecule has 0 aromatic rings. The lowest BCUT2D eigenvalue weighted by Gasteiger charge is -2.40. The van der Waals surface area contributed by atoms with Gasteiger partial charge in [-0.15, -0.1) is 0 Å². The Kier molecular flexibility index (Phi) is 5.46. The Bertz CT molecular complexity index is 295. The van der Waals surface area contributed by atoms with E-state index in [1.54, 1.807) is 0 Å². The standard InChI is InChI=1S/C16H32N2O2/c1-13-4-5-15(19)14(10-13)11-17-6-8-18(9-7-17)12-16(2,3)20/h13-15,19-20H,4-12H2,1-3H3. The van der Waals surface area contributed by atoms with E-state index in [9.17, 15) is 10.2 Å². The summed E-state index contributed by atoms with van der Waals surface area (Å²) in [5.41, 5.74) is -0.600. The molecule has 1 saturated heterocycles. The third-order valence-corrected chi connectivity index (χ3v) is 4.77. The number of hydrogen-bond donors (Lipinski definition) is 2. The maximum absolute atomic E-state index is 10.2. The van der Waals surface area contributed by atoms with Gasteiger partial charge in [0.1, 0.15) is 0 Å². The van der Waals surface area contributed by atoms with Gasteiger partial charge in [0.15, 0.2) is 0 Å². The second kappa shape index (κ2) is 6.73. The number of aliphatic hydroxyl groups excluding tert-OH is 1. The average Bonchev–Trinajstić information content (AvgIpc) is 2.34. The van der Waals surface area contributed by atoms with Crippen molar-refractivity contribution < 1.29 is 10.2 Å². The molecule has 2 aliphatic rings. The van der Waals surface area contributed by atoms with Crippen LogP contribution in [-0.2, 0) is 0 Å². The quantitative estimate of drug-likeness (QED) is 0.814. The summed E-state index contributed by atoms with van der Waals surface area (Å²) in [6.45, 7) is 12.0. The number of nitrogens with zero attached hydrogens (tertiary/aromatic N) is 2. The van der Waals surface area contributed by atoms with Gasteiger partial charge in [0, 0.05) is 39.3 Å². The van der Waals surface area contributed by atoms with Gasteiger partial charge in [-0.3, -0.25) is 4.90 Å². The number of piperazine rings is 1. The first-order valence-electron chi connectivity index (χ1n) is 8.18. The van der Waals surface area contributed by atoms with Gasteiger partial charge in [-0.25, -0.2) is 0 Å². The maximum atomic E-state index is 10.2. The monoisotopic (exact) mass is 284 g/mol. The SMILES string of the molecule is CC1CCC(O)C(CN2CCN(CC(C)(C)O)CC2)C1. The van der Waals surface area contributed by atoms with Gasteiger partial charge in [-0.1, -0.05) is 6.92 Å². The molecule has 0 aromatic carbocycles. The van der Waals surface area contributed by atoms with E-state index >= 15 is 0 Å². The zero-order valence-corrected chi connectivity index (χ0v) is 13.4. The van der Waals surface area contributed by atoms with Crippen molar-refractivity contribution in [3.05, 3.63) is 0 Å². The Hall–Kier alpha value is -0.160. The van der Waals surface area contributed by atoms with Crippen molar-refractivity contribution in [3.63, 3.8) is 0 Å². The molecular formula is C16H32N2O2. The summed E-state index contributed by atoms with van der Waals surface area (Å²) in [6, 6.07) is 0. The van der Waals surface area contributed by atoms with Crippen LogP contribution in [0.15, 0.2) is 0 Å². The maximum Gasteiger partial charge on any atom is 0.0718 e. The van der Waals surface area contributed by atoms with Gasteiger partial charge in [0.05, 0.1) is 11.7 Å². The summed E-state index contributed by atoms with van der Waals surface area (Å²) in [4.78, 5) is 4.84. The van der Waals surface area contributed by atoms with Crippen LogP contribution < -0.4 is 0 Å². The van der Waals surface area contributed by atoms with Crippen LogP contribution in [0, 0.1) is 11.8 Å². The van der Waals surface area contributed by atoms with Gasteiger partial charge in [0.25, 0.3) is 0 Å². The molecule has 0 aromatic heterocycles. The van der Waals surface area contributed by atoms with Gasteiger partial charge >= 0.3 is 0 Å². The van der Waals surface area contributed by atoms with E-state index in [0.29, 0.717) is 5.92 Å². The third kappa shape index (κ3) is 4.99. The Balaban J connectivity index is 1.74. The highest BCUT2D eigenvalue weighted by Gasteiger charge is 2.30. The molecule has 1 aliphatic carbocycles. The third-order valence-electron chi connectivity index (χ3n) is 4.77. The summed E-state index contributed by atoms with van der Waals surface area (Å²) < 4.78 is 0. The zero-order chi connectivity index (χ0) is 14.8. The first-order valence-corrected chi connectivity index (χ1v) is 8.18. The first-order chi connectivity index (χ1) is 9.33. The topological polar surface area (TPSA) is 46.9 Å². The van der Waals surface area contributed by atoms with Crippen LogP contribution in [0.25, 0.3) is 0 Å². The second-order valence-corrected chi connectivity index (χ2v) is 7.63. The molecule has 3 atom stereocenters. The normalized spacial score (nSPS) is 34.4. The molecule has 2 N–H and O–H groups in total.